The van der Waals surface area contributed by atoms with Crippen molar-refractivity contribution in [2.75, 3.05) is 38.0 Å². The van der Waals surface area contributed by atoms with Gasteiger partial charge in [-0.3, -0.25) is 4.98 Å². The molecule has 0 saturated heterocycles. The largest absolute Gasteiger partial charge is 0.495 e. The average molecular weight is 439 g/mol. The molecule has 0 fully saturated rings. The lowest BCUT2D eigenvalue weighted by Crippen LogP contribution is -2.13. The maximum absolute atomic E-state index is 12.6. The van der Waals surface area contributed by atoms with Crippen molar-refractivity contribution in [3.05, 3.63) is 64.1 Å². The highest BCUT2D eigenvalue weighted by Crippen LogP contribution is 2.36. The quantitative estimate of drug-likeness (QED) is 0.398. The van der Waals surface area contributed by atoms with Gasteiger partial charge in [0.05, 0.1) is 42.2 Å². The van der Waals surface area contributed by atoms with Crippen LogP contribution in [-0.4, -0.2) is 38.8 Å². The minimum absolute atomic E-state index is 0.245. The molecule has 0 aliphatic heterocycles. The van der Waals surface area contributed by atoms with Crippen LogP contribution in [0.4, 0.5) is 17.1 Å². The zero-order valence-electron chi connectivity index (χ0n) is 17.8. The number of pyridine rings is 1. The van der Waals surface area contributed by atoms with Crippen LogP contribution in [0, 0.1) is 6.57 Å². The normalized spacial score (nSPS) is 10.5. The molecular formula is C23H23ClN4O3. The number of nitrogens with zero attached hydrogens (tertiary/aromatic N) is 3. The van der Waals surface area contributed by atoms with Gasteiger partial charge in [0.25, 0.3) is 0 Å². The molecule has 31 heavy (non-hydrogen) atoms. The minimum atomic E-state index is -0.480. The Labute approximate surface area is 186 Å². The topological polar surface area (TPSA) is 68.1 Å². The van der Waals surface area contributed by atoms with Crippen LogP contribution in [0.15, 0.2) is 36.5 Å². The van der Waals surface area contributed by atoms with Gasteiger partial charge in [-0.2, -0.15) is 0 Å². The molecule has 0 unspecified atom stereocenters. The number of hydrogen-bond acceptors (Lipinski definition) is 6. The predicted molar refractivity (Wildman–Crippen MR) is 124 cm³/mol. The number of halogens is 1. The lowest BCUT2D eigenvalue weighted by molar-refractivity contribution is 0.0527. The molecular weight excluding hydrogens is 416 g/mol. The number of rotatable bonds is 7. The van der Waals surface area contributed by atoms with Crippen LogP contribution in [0.3, 0.4) is 0 Å². The maximum atomic E-state index is 12.6. The molecule has 1 N–H and O–H groups in total. The zero-order valence-corrected chi connectivity index (χ0v) is 18.6. The molecule has 8 heteroatoms. The summed E-state index contributed by atoms with van der Waals surface area (Å²) in [6.07, 6.45) is 1.51. The Kier molecular flexibility index (Phi) is 6.83. The Morgan fingerprint density at radius 1 is 1.29 bits per heavy atom. The third-order valence-electron chi connectivity index (χ3n) is 4.73. The summed E-state index contributed by atoms with van der Waals surface area (Å²) in [6.45, 7) is 9.87. The van der Waals surface area contributed by atoms with E-state index in [1.54, 1.807) is 38.3 Å². The van der Waals surface area contributed by atoms with Crippen LogP contribution in [0.2, 0.25) is 5.02 Å². The summed E-state index contributed by atoms with van der Waals surface area (Å²) in [5.74, 6) is 0.107. The smallest absolute Gasteiger partial charge is 0.341 e. The van der Waals surface area contributed by atoms with E-state index in [0.717, 1.165) is 11.3 Å². The Balaban J connectivity index is 2.14. The molecule has 0 saturated carbocycles. The van der Waals surface area contributed by atoms with Crippen LogP contribution in [-0.2, 0) is 11.3 Å². The lowest BCUT2D eigenvalue weighted by Gasteiger charge is -2.19. The van der Waals surface area contributed by atoms with Gasteiger partial charge in [0, 0.05) is 32.2 Å². The SMILES string of the molecule is [C-]#[N+]c1cc(N(C)C)c2ncc(C(=O)OCC)c(NCc3ccc(OC)c(Cl)c3)c2c1. The van der Waals surface area contributed by atoms with Crippen molar-refractivity contribution in [2.45, 2.75) is 13.5 Å². The molecule has 1 heterocycles. The number of ether oxygens (including phenoxy) is 2. The van der Waals surface area contributed by atoms with Gasteiger partial charge in [-0.05, 0) is 36.8 Å². The van der Waals surface area contributed by atoms with Gasteiger partial charge >= 0.3 is 5.97 Å². The highest BCUT2D eigenvalue weighted by Gasteiger charge is 2.19. The van der Waals surface area contributed by atoms with E-state index in [-0.39, 0.29) is 6.61 Å². The van der Waals surface area contributed by atoms with Gasteiger partial charge in [0.1, 0.15) is 11.3 Å². The summed E-state index contributed by atoms with van der Waals surface area (Å²) in [6, 6.07) is 8.99. The fourth-order valence-electron chi connectivity index (χ4n) is 3.24. The first-order valence-electron chi connectivity index (χ1n) is 9.64. The summed E-state index contributed by atoms with van der Waals surface area (Å²) in [5, 5.41) is 4.50. The number of carbonyl (C=O) groups excluding carboxylic acids is 1. The monoisotopic (exact) mass is 438 g/mol. The van der Waals surface area contributed by atoms with Crippen LogP contribution < -0.4 is 15.0 Å². The van der Waals surface area contributed by atoms with Gasteiger partial charge in [0.2, 0.25) is 0 Å². The highest BCUT2D eigenvalue weighted by molar-refractivity contribution is 6.32. The Bertz CT molecular complexity index is 1170. The number of carbonyl (C=O) groups is 1. The molecule has 3 rings (SSSR count). The second-order valence-corrected chi connectivity index (χ2v) is 7.36. The highest BCUT2D eigenvalue weighted by atomic mass is 35.5. The third-order valence-corrected chi connectivity index (χ3v) is 5.02. The Morgan fingerprint density at radius 2 is 2.06 bits per heavy atom. The van der Waals surface area contributed by atoms with Gasteiger partial charge < -0.3 is 19.7 Å². The first-order valence-corrected chi connectivity index (χ1v) is 10.0. The van der Waals surface area contributed by atoms with Crippen LogP contribution in [0.1, 0.15) is 22.8 Å². The molecule has 3 aromatic rings. The number of methoxy groups -OCH3 is 1. The zero-order chi connectivity index (χ0) is 22.5. The molecule has 1 aromatic heterocycles. The van der Waals surface area contributed by atoms with Gasteiger partial charge in [-0.1, -0.05) is 17.7 Å². The number of anilines is 2. The van der Waals surface area contributed by atoms with Crippen LogP contribution >= 0.6 is 11.6 Å². The summed E-state index contributed by atoms with van der Waals surface area (Å²) in [5.41, 5.74) is 3.69. The number of nitrogens with one attached hydrogen (secondary N) is 1. The van der Waals surface area contributed by atoms with Gasteiger partial charge in [0.15, 0.2) is 5.69 Å². The van der Waals surface area contributed by atoms with E-state index in [2.05, 4.69) is 15.1 Å². The van der Waals surface area contributed by atoms with E-state index in [4.69, 9.17) is 27.6 Å². The summed E-state index contributed by atoms with van der Waals surface area (Å²) in [7, 11) is 5.33. The number of benzene rings is 2. The number of aromatic nitrogens is 1. The number of esters is 1. The molecule has 160 valence electrons. The lowest BCUT2D eigenvalue weighted by atomic mass is 10.1. The molecule has 0 bridgehead atoms. The maximum Gasteiger partial charge on any atom is 0.341 e. The van der Waals surface area contributed by atoms with Crippen molar-refractivity contribution in [3.8, 4) is 5.75 Å². The van der Waals surface area contributed by atoms with Crippen molar-refractivity contribution in [2.24, 2.45) is 0 Å². The minimum Gasteiger partial charge on any atom is -0.495 e. The predicted octanol–water partition coefficient (Wildman–Crippen LogP) is 5.30. The summed E-state index contributed by atoms with van der Waals surface area (Å²) >= 11 is 6.25. The van der Waals surface area contributed by atoms with Crippen molar-refractivity contribution >= 4 is 45.5 Å². The molecule has 0 amide bonds. The standard InChI is InChI=1S/C23H23ClN4O3/c1-6-31-23(29)17-13-27-22-16(10-15(25-2)11-19(22)28(3)4)21(17)26-12-14-7-8-20(30-5)18(24)9-14/h7-11,13H,6,12H2,1,3-5H3,(H,26,27). The van der Waals surface area contributed by atoms with Crippen LogP contribution in [0.25, 0.3) is 15.7 Å². The molecule has 2 aromatic carbocycles. The fourth-order valence-corrected chi connectivity index (χ4v) is 3.52. The van der Waals surface area contributed by atoms with E-state index < -0.39 is 5.97 Å². The molecule has 0 aliphatic carbocycles. The summed E-state index contributed by atoms with van der Waals surface area (Å²) in [4.78, 5) is 22.6. The van der Waals surface area contributed by atoms with Gasteiger partial charge in [-0.15, -0.1) is 0 Å². The molecule has 0 spiro atoms. The summed E-state index contributed by atoms with van der Waals surface area (Å²) < 4.78 is 10.4. The number of fused-ring (bicyclic) bond motifs is 1. The first kappa shape index (κ1) is 22.2. The second-order valence-electron chi connectivity index (χ2n) is 6.96. The van der Waals surface area contributed by atoms with Crippen molar-refractivity contribution in [3.63, 3.8) is 0 Å². The fraction of sp³-hybridized carbons (Fsp3) is 0.261. The van der Waals surface area contributed by atoms with Gasteiger partial charge in [-0.25, -0.2) is 9.64 Å². The van der Waals surface area contributed by atoms with E-state index in [9.17, 15) is 4.79 Å². The number of hydrogen-bond donors (Lipinski definition) is 1. The van der Waals surface area contributed by atoms with E-state index in [1.807, 2.05) is 25.1 Å². The molecule has 0 aliphatic rings. The van der Waals surface area contributed by atoms with Crippen molar-refractivity contribution < 1.29 is 14.3 Å². The average Bonchev–Trinajstić information content (AvgIpc) is 2.76. The van der Waals surface area contributed by atoms with E-state index in [1.165, 1.54) is 6.20 Å². The van der Waals surface area contributed by atoms with Crippen molar-refractivity contribution in [1.29, 1.82) is 0 Å². The first-order chi connectivity index (χ1) is 14.9. The second kappa shape index (κ2) is 9.54. The third kappa shape index (κ3) is 4.65. The molecule has 0 atom stereocenters. The van der Waals surface area contributed by atoms with E-state index >= 15 is 0 Å². The molecule has 7 nitrogen and oxygen atoms in total. The van der Waals surface area contributed by atoms with Crippen molar-refractivity contribution in [1.82, 2.24) is 4.98 Å². The Hall–Kier alpha value is -3.50. The van der Waals surface area contributed by atoms with E-state index in [0.29, 0.717) is 45.2 Å². The Morgan fingerprint density at radius 3 is 2.68 bits per heavy atom. The molecule has 0 radical (unpaired) electrons. The van der Waals surface area contributed by atoms with Crippen LogP contribution in [0.5, 0.6) is 5.75 Å².